The molecule has 60 valence electrons. The molecule has 1 aliphatic rings. The Bertz CT molecular complexity index is 87.3. The van der Waals surface area contributed by atoms with Crippen LogP contribution in [0.25, 0.3) is 0 Å². The van der Waals surface area contributed by atoms with Crippen LogP contribution < -0.4 is 0 Å². The number of hydrogen-bond acceptors (Lipinski definition) is 1. The molecular formula is C8H18OSi. The van der Waals surface area contributed by atoms with Crippen molar-refractivity contribution in [1.29, 1.82) is 0 Å². The summed E-state index contributed by atoms with van der Waals surface area (Å²) in [6.45, 7) is 5.46. The molecule has 0 radical (unpaired) electrons. The van der Waals surface area contributed by atoms with E-state index >= 15 is 0 Å². The largest absolute Gasteiger partial charge is 0.420 e. The Morgan fingerprint density at radius 3 is 2.40 bits per heavy atom. The van der Waals surface area contributed by atoms with Gasteiger partial charge in [-0.15, -0.1) is 0 Å². The van der Waals surface area contributed by atoms with Gasteiger partial charge in [0.2, 0.25) is 0 Å². The molecule has 1 saturated heterocycles. The molecule has 0 aromatic carbocycles. The molecule has 0 unspecified atom stereocenters. The molecule has 0 amide bonds. The third-order valence-corrected chi connectivity index (χ3v) is 4.74. The van der Waals surface area contributed by atoms with Crippen LogP contribution in [0.5, 0.6) is 0 Å². The molecule has 1 nitrogen and oxygen atoms in total. The lowest BCUT2D eigenvalue weighted by molar-refractivity contribution is 0.273. The summed E-state index contributed by atoms with van der Waals surface area (Å²) in [6, 6.07) is 2.87. The molecule has 1 fully saturated rings. The van der Waals surface area contributed by atoms with E-state index < -0.39 is 9.04 Å². The summed E-state index contributed by atoms with van der Waals surface area (Å²) >= 11 is 0. The van der Waals surface area contributed by atoms with Gasteiger partial charge in [0, 0.05) is 6.61 Å². The van der Waals surface area contributed by atoms with Gasteiger partial charge in [-0.05, 0) is 18.0 Å². The summed E-state index contributed by atoms with van der Waals surface area (Å²) in [5.74, 6) is 0.730. The second-order valence-electron chi connectivity index (χ2n) is 3.63. The van der Waals surface area contributed by atoms with Crippen molar-refractivity contribution >= 4 is 9.04 Å². The van der Waals surface area contributed by atoms with Crippen molar-refractivity contribution in [2.24, 2.45) is 5.92 Å². The van der Waals surface area contributed by atoms with Gasteiger partial charge in [0.05, 0.1) is 0 Å². The molecule has 0 spiro atoms. The zero-order chi connectivity index (χ0) is 7.40. The SMILES string of the molecule is CC(C)CO[SiH]1CCCC1. The van der Waals surface area contributed by atoms with Crippen LogP contribution in [-0.2, 0) is 4.43 Å². The fourth-order valence-electron chi connectivity index (χ4n) is 1.38. The van der Waals surface area contributed by atoms with Crippen molar-refractivity contribution in [3.63, 3.8) is 0 Å². The van der Waals surface area contributed by atoms with E-state index in [1.54, 1.807) is 0 Å². The second kappa shape index (κ2) is 4.14. The van der Waals surface area contributed by atoms with Gasteiger partial charge in [-0.1, -0.05) is 26.7 Å². The second-order valence-corrected chi connectivity index (χ2v) is 6.37. The molecule has 1 heterocycles. The van der Waals surface area contributed by atoms with Crippen LogP contribution in [0.4, 0.5) is 0 Å². The molecule has 0 atom stereocenters. The van der Waals surface area contributed by atoms with Crippen LogP contribution in [-0.4, -0.2) is 15.6 Å². The van der Waals surface area contributed by atoms with E-state index in [-0.39, 0.29) is 0 Å². The van der Waals surface area contributed by atoms with Gasteiger partial charge in [0.15, 0.2) is 9.04 Å². The highest BCUT2D eigenvalue weighted by Crippen LogP contribution is 2.20. The van der Waals surface area contributed by atoms with Crippen molar-refractivity contribution in [2.45, 2.75) is 38.8 Å². The molecule has 1 aliphatic heterocycles. The molecule has 0 saturated carbocycles. The highest BCUT2D eigenvalue weighted by Gasteiger charge is 2.17. The standard InChI is InChI=1S/C8H18OSi/c1-8(2)7-9-10-5-3-4-6-10/h8,10H,3-7H2,1-2H3. The van der Waals surface area contributed by atoms with Crippen molar-refractivity contribution < 1.29 is 4.43 Å². The lowest BCUT2D eigenvalue weighted by Crippen LogP contribution is -2.16. The number of hydrogen-bond donors (Lipinski definition) is 0. The van der Waals surface area contributed by atoms with Gasteiger partial charge in [-0.25, -0.2) is 0 Å². The minimum Gasteiger partial charge on any atom is -0.420 e. The first-order valence-electron chi connectivity index (χ1n) is 4.40. The molecule has 0 aromatic rings. The summed E-state index contributed by atoms with van der Waals surface area (Å²) in [5, 5.41) is 0. The Balaban J connectivity index is 2.01. The van der Waals surface area contributed by atoms with E-state index in [0.717, 1.165) is 12.5 Å². The van der Waals surface area contributed by atoms with E-state index in [2.05, 4.69) is 13.8 Å². The van der Waals surface area contributed by atoms with E-state index in [1.165, 1.54) is 24.9 Å². The summed E-state index contributed by atoms with van der Waals surface area (Å²) in [6.07, 6.45) is 2.88. The predicted octanol–water partition coefficient (Wildman–Crippen LogP) is 2.18. The Morgan fingerprint density at radius 1 is 1.30 bits per heavy atom. The Kier molecular flexibility index (Phi) is 3.42. The maximum atomic E-state index is 5.80. The zero-order valence-electron chi connectivity index (χ0n) is 7.10. The van der Waals surface area contributed by atoms with E-state index in [4.69, 9.17) is 4.43 Å². The fourth-order valence-corrected chi connectivity index (χ4v) is 4.15. The lowest BCUT2D eigenvalue weighted by Gasteiger charge is -2.11. The van der Waals surface area contributed by atoms with Crippen molar-refractivity contribution in [3.8, 4) is 0 Å². The lowest BCUT2D eigenvalue weighted by atomic mass is 10.2. The zero-order valence-corrected chi connectivity index (χ0v) is 8.25. The topological polar surface area (TPSA) is 9.23 Å². The Hall–Kier alpha value is 0.177. The van der Waals surface area contributed by atoms with Gasteiger partial charge in [0.1, 0.15) is 0 Å². The molecule has 0 N–H and O–H groups in total. The fraction of sp³-hybridized carbons (Fsp3) is 1.00. The summed E-state index contributed by atoms with van der Waals surface area (Å²) in [7, 11) is -0.637. The first kappa shape index (κ1) is 8.28. The third kappa shape index (κ3) is 2.84. The van der Waals surface area contributed by atoms with Gasteiger partial charge in [0.25, 0.3) is 0 Å². The van der Waals surface area contributed by atoms with Crippen LogP contribution in [0.15, 0.2) is 0 Å². The Labute approximate surface area is 65.5 Å². The van der Waals surface area contributed by atoms with Gasteiger partial charge in [-0.3, -0.25) is 0 Å². The average Bonchev–Trinajstić information content (AvgIpc) is 2.34. The summed E-state index contributed by atoms with van der Waals surface area (Å²) in [5.41, 5.74) is 0. The average molecular weight is 158 g/mol. The van der Waals surface area contributed by atoms with Crippen LogP contribution >= 0.6 is 0 Å². The van der Waals surface area contributed by atoms with Crippen molar-refractivity contribution in [1.82, 2.24) is 0 Å². The van der Waals surface area contributed by atoms with Crippen LogP contribution in [0.2, 0.25) is 12.1 Å². The molecule has 2 heteroatoms. The predicted molar refractivity (Wildman–Crippen MR) is 46.8 cm³/mol. The monoisotopic (exact) mass is 158 g/mol. The minimum absolute atomic E-state index is 0.637. The van der Waals surface area contributed by atoms with Crippen LogP contribution in [0.1, 0.15) is 26.7 Å². The first-order chi connectivity index (χ1) is 4.79. The van der Waals surface area contributed by atoms with Gasteiger partial charge >= 0.3 is 0 Å². The summed E-state index contributed by atoms with van der Waals surface area (Å²) < 4.78 is 5.80. The smallest absolute Gasteiger partial charge is 0.176 e. The highest BCUT2D eigenvalue weighted by atomic mass is 28.3. The maximum absolute atomic E-state index is 5.80. The Morgan fingerprint density at radius 2 is 1.90 bits per heavy atom. The molecule has 0 aromatic heterocycles. The summed E-state index contributed by atoms with van der Waals surface area (Å²) in [4.78, 5) is 0. The van der Waals surface area contributed by atoms with E-state index in [0.29, 0.717) is 0 Å². The van der Waals surface area contributed by atoms with E-state index in [1.807, 2.05) is 0 Å². The van der Waals surface area contributed by atoms with Gasteiger partial charge < -0.3 is 4.43 Å². The van der Waals surface area contributed by atoms with Crippen molar-refractivity contribution in [3.05, 3.63) is 0 Å². The maximum Gasteiger partial charge on any atom is 0.176 e. The minimum atomic E-state index is -0.637. The molecular weight excluding hydrogens is 140 g/mol. The molecule has 0 aliphatic carbocycles. The van der Waals surface area contributed by atoms with Gasteiger partial charge in [-0.2, -0.15) is 0 Å². The highest BCUT2D eigenvalue weighted by molar-refractivity contribution is 6.52. The third-order valence-electron chi connectivity index (χ3n) is 1.97. The molecule has 1 rings (SSSR count). The number of rotatable bonds is 3. The quantitative estimate of drug-likeness (QED) is 0.572. The van der Waals surface area contributed by atoms with Crippen molar-refractivity contribution in [2.75, 3.05) is 6.61 Å². The van der Waals surface area contributed by atoms with Crippen LogP contribution in [0.3, 0.4) is 0 Å². The first-order valence-corrected chi connectivity index (χ1v) is 6.51. The van der Waals surface area contributed by atoms with Crippen LogP contribution in [0, 0.1) is 5.92 Å². The molecule has 0 bridgehead atoms. The normalized spacial score (nSPS) is 20.7. The van der Waals surface area contributed by atoms with E-state index in [9.17, 15) is 0 Å². The molecule has 10 heavy (non-hydrogen) atoms.